The Kier molecular flexibility index (Phi) is 9.26. The first-order chi connectivity index (χ1) is 21.3. The molecule has 2 aromatic carbocycles. The number of ketones is 1. The number of hydrogen-bond acceptors (Lipinski definition) is 13. The van der Waals surface area contributed by atoms with Crippen molar-refractivity contribution in [1.29, 1.82) is 5.26 Å². The summed E-state index contributed by atoms with van der Waals surface area (Å²) in [5.74, 6) is 1.32. The quantitative estimate of drug-likeness (QED) is 0.298. The summed E-state index contributed by atoms with van der Waals surface area (Å²) in [5.41, 5.74) is 9.26. The van der Waals surface area contributed by atoms with Gasteiger partial charge in [0.2, 0.25) is 11.0 Å². The number of aromatic nitrogens is 2. The second-order valence-electron chi connectivity index (χ2n) is 9.68. The summed E-state index contributed by atoms with van der Waals surface area (Å²) < 4.78 is 22.0. The zero-order valence-electron chi connectivity index (χ0n) is 24.5. The highest BCUT2D eigenvalue weighted by Gasteiger charge is 2.41. The Balaban J connectivity index is 1.42. The van der Waals surface area contributed by atoms with Crippen molar-refractivity contribution >= 4 is 45.6 Å². The number of carbonyl (C=O) groups excluding carboxylic acids is 2. The van der Waals surface area contributed by atoms with Gasteiger partial charge >= 0.3 is 0 Å². The minimum Gasteiger partial charge on any atom is -0.497 e. The van der Waals surface area contributed by atoms with Crippen molar-refractivity contribution in [2.45, 2.75) is 29.5 Å². The van der Waals surface area contributed by atoms with Crippen LogP contribution in [-0.4, -0.2) is 56.1 Å². The molecule has 1 aliphatic heterocycles. The van der Waals surface area contributed by atoms with Gasteiger partial charge in [-0.2, -0.15) is 5.26 Å². The normalized spacial score (nSPS) is 16.3. The van der Waals surface area contributed by atoms with Gasteiger partial charge in [-0.05, 0) is 42.7 Å². The van der Waals surface area contributed by atoms with E-state index in [4.69, 9.17) is 24.7 Å². The number of carbonyl (C=O) groups is 2. The maximum atomic E-state index is 13.4. The fraction of sp³-hybridized carbons (Fsp3) is 0.300. The third kappa shape index (κ3) is 5.88. The molecule has 0 bridgehead atoms. The number of Topliss-reactive ketones (excluding diaryl/α,β-unsaturated/α-hetero) is 1. The molecule has 5 rings (SSSR count). The fourth-order valence-corrected chi connectivity index (χ4v) is 6.93. The van der Waals surface area contributed by atoms with Crippen molar-refractivity contribution in [3.8, 4) is 29.1 Å². The number of nitriles is 1. The highest BCUT2D eigenvalue weighted by molar-refractivity contribution is 8.01. The zero-order valence-corrected chi connectivity index (χ0v) is 26.1. The van der Waals surface area contributed by atoms with Gasteiger partial charge in [-0.1, -0.05) is 29.2 Å². The summed E-state index contributed by atoms with van der Waals surface area (Å²) in [5, 5.41) is 22.1. The first-order valence-corrected chi connectivity index (χ1v) is 15.3. The van der Waals surface area contributed by atoms with Crippen LogP contribution in [0.3, 0.4) is 0 Å². The smallest absolute Gasteiger partial charge is 0.234 e. The Morgan fingerprint density at radius 1 is 1.07 bits per heavy atom. The van der Waals surface area contributed by atoms with E-state index in [-0.39, 0.29) is 28.8 Å². The predicted molar refractivity (Wildman–Crippen MR) is 166 cm³/mol. The third-order valence-electron chi connectivity index (χ3n) is 7.25. The van der Waals surface area contributed by atoms with Crippen molar-refractivity contribution in [3.05, 3.63) is 64.6 Å². The number of nitrogens with zero attached hydrogens (tertiary/aromatic N) is 4. The molecule has 1 aromatic heterocycles. The molecule has 0 spiro atoms. The van der Waals surface area contributed by atoms with E-state index in [0.29, 0.717) is 74.3 Å². The maximum absolute atomic E-state index is 13.4. The molecule has 228 valence electrons. The van der Waals surface area contributed by atoms with Gasteiger partial charge in [0.05, 0.1) is 57.4 Å². The summed E-state index contributed by atoms with van der Waals surface area (Å²) in [7, 11) is 6.13. The Bertz CT molecular complexity index is 1710. The number of rotatable bonds is 10. The summed E-state index contributed by atoms with van der Waals surface area (Å²) in [6.45, 7) is 0. The lowest BCUT2D eigenvalue weighted by molar-refractivity contribution is -0.116. The van der Waals surface area contributed by atoms with Gasteiger partial charge in [-0.25, -0.2) is 0 Å². The topological polar surface area (TPSA) is 162 Å². The number of methoxy groups -OCH3 is 4. The minimum atomic E-state index is -0.669. The molecule has 1 atom stereocenters. The molecule has 0 radical (unpaired) electrons. The largest absolute Gasteiger partial charge is 0.497 e. The van der Waals surface area contributed by atoms with Gasteiger partial charge in [-0.15, -0.1) is 10.2 Å². The van der Waals surface area contributed by atoms with Crippen LogP contribution in [-0.2, 0) is 9.59 Å². The highest BCUT2D eigenvalue weighted by atomic mass is 32.2. The van der Waals surface area contributed by atoms with Crippen LogP contribution in [0.25, 0.3) is 0 Å². The van der Waals surface area contributed by atoms with Crippen molar-refractivity contribution in [2.24, 2.45) is 5.73 Å². The Hall–Kier alpha value is -4.74. The monoisotopic (exact) mass is 634 g/mol. The van der Waals surface area contributed by atoms with Gasteiger partial charge in [0.1, 0.15) is 17.3 Å². The number of nitrogens with one attached hydrogen (secondary N) is 1. The molecular formula is C30H30N6O6S2. The van der Waals surface area contributed by atoms with E-state index >= 15 is 0 Å². The summed E-state index contributed by atoms with van der Waals surface area (Å²) in [4.78, 5) is 27.9. The number of ether oxygens (including phenoxy) is 4. The molecule has 14 heteroatoms. The number of amides is 1. The molecule has 1 unspecified atom stereocenters. The van der Waals surface area contributed by atoms with E-state index in [1.165, 1.54) is 37.3 Å². The van der Waals surface area contributed by atoms with E-state index in [2.05, 4.69) is 21.6 Å². The van der Waals surface area contributed by atoms with Gasteiger partial charge < -0.3 is 30.0 Å². The van der Waals surface area contributed by atoms with Gasteiger partial charge in [0, 0.05) is 23.8 Å². The fourth-order valence-electron chi connectivity index (χ4n) is 5.25. The lowest BCUT2D eigenvalue weighted by atomic mass is 9.75. The van der Waals surface area contributed by atoms with Crippen LogP contribution < -0.4 is 34.9 Å². The van der Waals surface area contributed by atoms with Crippen LogP contribution in [0, 0.1) is 11.3 Å². The molecule has 3 aromatic rings. The van der Waals surface area contributed by atoms with Gasteiger partial charge in [0.25, 0.3) is 0 Å². The van der Waals surface area contributed by atoms with Crippen molar-refractivity contribution in [2.75, 3.05) is 44.4 Å². The zero-order chi connectivity index (χ0) is 31.4. The number of thioether (sulfide) groups is 1. The Labute approximate surface area is 262 Å². The number of benzene rings is 2. The van der Waals surface area contributed by atoms with Crippen molar-refractivity contribution < 1.29 is 28.5 Å². The van der Waals surface area contributed by atoms with Crippen LogP contribution in [0.15, 0.2) is 63.4 Å². The molecule has 0 saturated heterocycles. The minimum absolute atomic E-state index is 0.0531. The Morgan fingerprint density at radius 3 is 2.52 bits per heavy atom. The van der Waals surface area contributed by atoms with E-state index in [9.17, 15) is 14.9 Å². The highest BCUT2D eigenvalue weighted by Crippen LogP contribution is 2.48. The van der Waals surface area contributed by atoms with Crippen LogP contribution >= 0.6 is 23.1 Å². The summed E-state index contributed by atoms with van der Waals surface area (Å²) in [6.07, 6.45) is 1.56. The molecule has 1 aliphatic carbocycles. The molecule has 1 amide bonds. The standard InChI is InChI=1S/C30H30N6O6S2/c1-39-17-9-11-22(40-2)19(13-17)33-25(38)15-43-30-35-34-29(44-30)36-20-6-5-7-21(37)27(20)26(18(14-31)28(36)32)16-8-10-23(41-3)24(12-16)42-4/h8-13,26H,5-7,15,32H2,1-4H3,(H,33,38). The number of anilines is 2. The van der Waals surface area contributed by atoms with Crippen molar-refractivity contribution in [1.82, 2.24) is 10.2 Å². The van der Waals surface area contributed by atoms with Crippen molar-refractivity contribution in [3.63, 3.8) is 0 Å². The van der Waals surface area contributed by atoms with Crippen LogP contribution in [0.2, 0.25) is 0 Å². The van der Waals surface area contributed by atoms with E-state index in [1.54, 1.807) is 49.5 Å². The molecule has 12 nitrogen and oxygen atoms in total. The summed E-state index contributed by atoms with van der Waals surface area (Å²) in [6, 6.07) is 12.7. The lowest BCUT2D eigenvalue weighted by Gasteiger charge is -2.38. The molecular weight excluding hydrogens is 605 g/mol. The third-order valence-corrected chi connectivity index (χ3v) is 9.29. The SMILES string of the molecule is COc1ccc(OC)c(NC(=O)CSc2nnc(N3C(N)=C(C#N)C(c4ccc(OC)c(OC)c4)C4=C3CCCC4=O)s2)c1. The predicted octanol–water partition coefficient (Wildman–Crippen LogP) is 4.61. The second-order valence-corrected chi connectivity index (χ2v) is 11.9. The van der Waals surface area contributed by atoms with Crippen LogP contribution in [0.1, 0.15) is 30.7 Å². The molecule has 0 saturated carbocycles. The number of hydrogen-bond donors (Lipinski definition) is 2. The molecule has 3 N–H and O–H groups in total. The second kappa shape index (κ2) is 13.3. The van der Waals surface area contributed by atoms with E-state index in [0.717, 1.165) is 0 Å². The van der Waals surface area contributed by atoms with Gasteiger partial charge in [-0.3, -0.25) is 14.5 Å². The average molecular weight is 635 g/mol. The molecule has 44 heavy (non-hydrogen) atoms. The van der Waals surface area contributed by atoms with E-state index < -0.39 is 5.92 Å². The van der Waals surface area contributed by atoms with E-state index in [1.807, 2.05) is 6.07 Å². The first kappa shape index (κ1) is 30.7. The molecule has 2 heterocycles. The first-order valence-electron chi connectivity index (χ1n) is 13.5. The van der Waals surface area contributed by atoms with Crippen LogP contribution in [0.4, 0.5) is 10.8 Å². The summed E-state index contributed by atoms with van der Waals surface area (Å²) >= 11 is 2.42. The lowest BCUT2D eigenvalue weighted by Crippen LogP contribution is -2.38. The average Bonchev–Trinajstić information content (AvgIpc) is 3.51. The Morgan fingerprint density at radius 2 is 1.82 bits per heavy atom. The number of allylic oxidation sites excluding steroid dienone is 3. The van der Waals surface area contributed by atoms with Crippen LogP contribution in [0.5, 0.6) is 23.0 Å². The maximum Gasteiger partial charge on any atom is 0.234 e. The molecule has 2 aliphatic rings. The molecule has 0 fully saturated rings. The van der Waals surface area contributed by atoms with Gasteiger partial charge in [0.15, 0.2) is 21.6 Å². The number of nitrogens with two attached hydrogens (primary N) is 1.